The number of nitrogens with zero attached hydrogens (tertiary/aromatic N) is 2. The van der Waals surface area contributed by atoms with Crippen LogP contribution in [-0.4, -0.2) is 18.7 Å². The van der Waals surface area contributed by atoms with Gasteiger partial charge < -0.3 is 4.74 Å². The molecule has 140 valence electrons. The number of ether oxygens (including phenoxy) is 1. The van der Waals surface area contributed by atoms with Gasteiger partial charge in [0.05, 0.1) is 30.9 Å². The van der Waals surface area contributed by atoms with Crippen molar-refractivity contribution in [3.8, 4) is 6.07 Å². The van der Waals surface area contributed by atoms with E-state index in [1.807, 2.05) is 6.07 Å². The topological polar surface area (TPSA) is 50.4 Å². The van der Waals surface area contributed by atoms with Gasteiger partial charge in [0.25, 0.3) is 5.82 Å². The number of nitrogens with one attached hydrogen (secondary N) is 1. The van der Waals surface area contributed by atoms with Crippen LogP contribution in [0.3, 0.4) is 0 Å². The summed E-state index contributed by atoms with van der Waals surface area (Å²) < 4.78 is 6.10. The largest absolute Gasteiger partial charge is 0.370 e. The van der Waals surface area contributed by atoms with Crippen LogP contribution < -0.4 is 9.88 Å². The third-order valence-corrected chi connectivity index (χ3v) is 6.45. The zero-order valence-corrected chi connectivity index (χ0v) is 16.9. The number of hydrogen-bond donors (Lipinski definition) is 0. The quantitative estimate of drug-likeness (QED) is 0.749. The van der Waals surface area contributed by atoms with Crippen molar-refractivity contribution < 1.29 is 9.72 Å². The van der Waals surface area contributed by atoms with E-state index in [1.165, 1.54) is 29.5 Å². The van der Waals surface area contributed by atoms with Crippen molar-refractivity contribution in [3.63, 3.8) is 0 Å². The van der Waals surface area contributed by atoms with E-state index in [4.69, 9.17) is 4.74 Å². The normalized spacial score (nSPS) is 18.2. The first-order chi connectivity index (χ1) is 13.1. The van der Waals surface area contributed by atoms with Gasteiger partial charge in [-0.05, 0) is 37.8 Å². The Kier molecular flexibility index (Phi) is 5.12. The van der Waals surface area contributed by atoms with Gasteiger partial charge in [0, 0.05) is 12.2 Å². The number of H-pyrrole nitrogens is 1. The van der Waals surface area contributed by atoms with Gasteiger partial charge in [0.1, 0.15) is 11.6 Å². The van der Waals surface area contributed by atoms with Crippen molar-refractivity contribution in [1.29, 1.82) is 5.26 Å². The number of nitriles is 1. The highest BCUT2D eigenvalue weighted by atomic mass is 32.2. The lowest BCUT2D eigenvalue weighted by Crippen LogP contribution is -2.37. The van der Waals surface area contributed by atoms with Crippen molar-refractivity contribution in [3.05, 3.63) is 52.6 Å². The highest BCUT2D eigenvalue weighted by molar-refractivity contribution is 7.98. The summed E-state index contributed by atoms with van der Waals surface area (Å²) in [7, 11) is 0. The molecule has 0 spiro atoms. The number of fused-ring (bicyclic) bond motifs is 1. The maximum absolute atomic E-state index is 9.96. The van der Waals surface area contributed by atoms with Crippen molar-refractivity contribution in [1.82, 2.24) is 0 Å². The van der Waals surface area contributed by atoms with Gasteiger partial charge in [0.2, 0.25) is 0 Å². The van der Waals surface area contributed by atoms with Crippen molar-refractivity contribution in [2.45, 2.75) is 56.1 Å². The average Bonchev–Trinajstić information content (AvgIpc) is 3.20. The van der Waals surface area contributed by atoms with Crippen molar-refractivity contribution >= 4 is 17.6 Å². The molecule has 3 heterocycles. The first kappa shape index (κ1) is 18.3. The molecule has 2 aliphatic heterocycles. The highest BCUT2D eigenvalue weighted by Crippen LogP contribution is 2.37. The number of pyridine rings is 1. The summed E-state index contributed by atoms with van der Waals surface area (Å²) in [6.45, 7) is 6.94. The number of benzene rings is 1. The Morgan fingerprint density at radius 2 is 1.93 bits per heavy atom. The molecule has 27 heavy (non-hydrogen) atoms. The number of anilines is 1. The van der Waals surface area contributed by atoms with E-state index in [2.05, 4.69) is 54.1 Å². The molecule has 4 nitrogen and oxygen atoms in total. The predicted octanol–water partition coefficient (Wildman–Crippen LogP) is 4.12. The molecule has 0 radical (unpaired) electrons. The van der Waals surface area contributed by atoms with Crippen LogP contribution >= 0.6 is 11.8 Å². The monoisotopic (exact) mass is 380 g/mol. The SMILES string of the molecule is CC1(C)Cc2c(C#N)c(SCc3ccccc3)[nH+]c(N3CCCC3)c2CO1. The number of hydrogen-bond acceptors (Lipinski definition) is 4. The molecule has 1 N–H and O–H groups in total. The molecular weight excluding hydrogens is 354 g/mol. The summed E-state index contributed by atoms with van der Waals surface area (Å²) >= 11 is 1.73. The van der Waals surface area contributed by atoms with E-state index >= 15 is 0 Å². The molecule has 1 aromatic carbocycles. The summed E-state index contributed by atoms with van der Waals surface area (Å²) in [5, 5.41) is 10.9. The van der Waals surface area contributed by atoms with E-state index in [1.54, 1.807) is 11.8 Å². The fourth-order valence-corrected chi connectivity index (χ4v) is 4.92. The lowest BCUT2D eigenvalue weighted by atomic mass is 9.89. The van der Waals surface area contributed by atoms with Crippen LogP contribution in [0.1, 0.15) is 48.9 Å². The van der Waals surface area contributed by atoms with Gasteiger partial charge in [-0.2, -0.15) is 5.26 Å². The Labute approximate surface area is 165 Å². The van der Waals surface area contributed by atoms with Crippen LogP contribution in [0.15, 0.2) is 35.4 Å². The fourth-order valence-electron chi connectivity index (χ4n) is 3.94. The Morgan fingerprint density at radius 1 is 1.19 bits per heavy atom. The molecule has 1 fully saturated rings. The third-order valence-electron chi connectivity index (χ3n) is 5.38. The molecule has 4 rings (SSSR count). The summed E-state index contributed by atoms with van der Waals surface area (Å²) in [4.78, 5) is 6.04. The molecule has 5 heteroatoms. The smallest absolute Gasteiger partial charge is 0.281 e. The maximum Gasteiger partial charge on any atom is 0.281 e. The number of rotatable bonds is 4. The fraction of sp³-hybridized carbons (Fsp3) is 0.455. The molecular formula is C22H26N3OS+. The Balaban J connectivity index is 1.75. The summed E-state index contributed by atoms with van der Waals surface area (Å²) in [6, 6.07) is 12.9. The Hall–Kier alpha value is -2.03. The van der Waals surface area contributed by atoms with Crippen LogP contribution in [0.4, 0.5) is 5.82 Å². The minimum atomic E-state index is -0.233. The zero-order chi connectivity index (χ0) is 18.9. The lowest BCUT2D eigenvalue weighted by Gasteiger charge is -2.33. The third kappa shape index (κ3) is 3.83. The minimum Gasteiger partial charge on any atom is -0.370 e. The van der Waals surface area contributed by atoms with Crippen LogP contribution in [0.2, 0.25) is 0 Å². The number of aromatic amines is 1. The molecule has 2 aromatic rings. The lowest BCUT2D eigenvalue weighted by molar-refractivity contribution is -0.414. The molecule has 0 atom stereocenters. The van der Waals surface area contributed by atoms with Gasteiger partial charge in [-0.25, -0.2) is 4.98 Å². The Morgan fingerprint density at radius 3 is 2.63 bits per heavy atom. The first-order valence-corrected chi connectivity index (χ1v) is 10.6. The van der Waals surface area contributed by atoms with Gasteiger partial charge >= 0.3 is 0 Å². The second-order valence-corrected chi connectivity index (χ2v) is 8.93. The van der Waals surface area contributed by atoms with E-state index in [9.17, 15) is 5.26 Å². The molecule has 1 saturated heterocycles. The predicted molar refractivity (Wildman–Crippen MR) is 108 cm³/mol. The van der Waals surface area contributed by atoms with E-state index < -0.39 is 0 Å². The molecule has 0 bridgehead atoms. The van der Waals surface area contributed by atoms with E-state index in [0.717, 1.165) is 41.7 Å². The Bertz CT molecular complexity index is 867. The summed E-state index contributed by atoms with van der Waals surface area (Å²) in [5.41, 5.74) is 4.18. The van der Waals surface area contributed by atoms with Gasteiger partial charge in [-0.15, -0.1) is 0 Å². The molecule has 0 aliphatic carbocycles. The van der Waals surface area contributed by atoms with Gasteiger partial charge in [-0.3, -0.25) is 4.90 Å². The number of aromatic nitrogens is 1. The van der Waals surface area contributed by atoms with E-state index in [0.29, 0.717) is 6.61 Å². The summed E-state index contributed by atoms with van der Waals surface area (Å²) in [5.74, 6) is 2.01. The molecule has 0 amide bonds. The van der Waals surface area contributed by atoms with Gasteiger partial charge in [-0.1, -0.05) is 42.1 Å². The molecule has 1 aromatic heterocycles. The zero-order valence-electron chi connectivity index (χ0n) is 16.0. The maximum atomic E-state index is 9.96. The second-order valence-electron chi connectivity index (χ2n) is 7.94. The average molecular weight is 381 g/mol. The second kappa shape index (κ2) is 7.53. The molecule has 0 saturated carbocycles. The van der Waals surface area contributed by atoms with Crippen LogP contribution in [0, 0.1) is 11.3 Å². The first-order valence-electron chi connectivity index (χ1n) is 9.64. The minimum absolute atomic E-state index is 0.233. The van der Waals surface area contributed by atoms with Crippen molar-refractivity contribution in [2.75, 3.05) is 18.0 Å². The van der Waals surface area contributed by atoms with Crippen LogP contribution in [0.25, 0.3) is 0 Å². The van der Waals surface area contributed by atoms with E-state index in [-0.39, 0.29) is 5.60 Å². The summed E-state index contributed by atoms with van der Waals surface area (Å²) in [6.07, 6.45) is 3.22. The molecule has 0 unspecified atom stereocenters. The number of thioether (sulfide) groups is 1. The van der Waals surface area contributed by atoms with Crippen LogP contribution in [0.5, 0.6) is 0 Å². The van der Waals surface area contributed by atoms with Crippen LogP contribution in [-0.2, 0) is 23.5 Å². The molecule has 2 aliphatic rings. The van der Waals surface area contributed by atoms with Gasteiger partial charge in [0.15, 0.2) is 5.03 Å². The highest BCUT2D eigenvalue weighted by Gasteiger charge is 2.36. The standard InChI is InChI=1S/C22H25N3OS/c1-22(2)12-17-18(13-23)21(27-15-16-8-4-3-5-9-16)24-20(19(17)14-26-22)25-10-6-7-11-25/h3-5,8-9H,6-7,10-12,14-15H2,1-2H3/p+1. The van der Waals surface area contributed by atoms with Crippen molar-refractivity contribution in [2.24, 2.45) is 0 Å².